The minimum atomic E-state index is -0.981. The van der Waals surface area contributed by atoms with Gasteiger partial charge in [0.05, 0.1) is 6.04 Å². The average Bonchev–Trinajstić information content (AvgIpc) is 2.15. The summed E-state index contributed by atoms with van der Waals surface area (Å²) in [7, 11) is 1.70. The van der Waals surface area contributed by atoms with Crippen LogP contribution in [-0.2, 0) is 9.59 Å². The summed E-state index contributed by atoms with van der Waals surface area (Å²) in [5, 5.41) is 14.5. The summed E-state index contributed by atoms with van der Waals surface area (Å²) in [6.07, 6.45) is 0.440. The second-order valence-corrected chi connectivity index (χ2v) is 5.04. The van der Waals surface area contributed by atoms with Gasteiger partial charge >= 0.3 is 5.97 Å². The van der Waals surface area contributed by atoms with Crippen molar-refractivity contribution in [2.75, 3.05) is 7.05 Å². The average molecular weight is 244 g/mol. The van der Waals surface area contributed by atoms with Gasteiger partial charge in [-0.2, -0.15) is 0 Å². The zero-order valence-electron chi connectivity index (χ0n) is 11.3. The topological polar surface area (TPSA) is 78.4 Å². The number of amides is 1. The third-order valence-corrected chi connectivity index (χ3v) is 2.58. The Morgan fingerprint density at radius 1 is 1.18 bits per heavy atom. The summed E-state index contributed by atoms with van der Waals surface area (Å²) in [5.41, 5.74) is 0. The SMILES string of the molecule is CNC(C(=O)NC(CC(C)C)C(=O)O)C(C)C. The van der Waals surface area contributed by atoms with Gasteiger partial charge in [0.25, 0.3) is 0 Å². The molecule has 0 bridgehead atoms. The molecule has 0 radical (unpaired) electrons. The van der Waals surface area contributed by atoms with Crippen molar-refractivity contribution in [2.24, 2.45) is 11.8 Å². The number of carboxylic acids is 1. The van der Waals surface area contributed by atoms with Crippen LogP contribution in [0.4, 0.5) is 0 Å². The lowest BCUT2D eigenvalue weighted by molar-refractivity contribution is -0.142. The molecule has 0 aliphatic heterocycles. The van der Waals surface area contributed by atoms with Crippen molar-refractivity contribution in [1.82, 2.24) is 10.6 Å². The van der Waals surface area contributed by atoms with Crippen LogP contribution in [0.25, 0.3) is 0 Å². The Morgan fingerprint density at radius 2 is 1.71 bits per heavy atom. The Kier molecular flexibility index (Phi) is 6.80. The number of hydrogen-bond acceptors (Lipinski definition) is 3. The van der Waals surface area contributed by atoms with Crippen LogP contribution in [0, 0.1) is 11.8 Å². The van der Waals surface area contributed by atoms with Crippen molar-refractivity contribution >= 4 is 11.9 Å². The van der Waals surface area contributed by atoms with Crippen LogP contribution >= 0.6 is 0 Å². The molecule has 0 rings (SSSR count). The molecule has 0 aromatic heterocycles. The van der Waals surface area contributed by atoms with Gasteiger partial charge in [-0.05, 0) is 25.3 Å². The van der Waals surface area contributed by atoms with Crippen molar-refractivity contribution in [2.45, 2.75) is 46.2 Å². The molecule has 5 nitrogen and oxygen atoms in total. The maximum absolute atomic E-state index is 11.9. The number of hydrogen-bond donors (Lipinski definition) is 3. The number of nitrogens with one attached hydrogen (secondary N) is 2. The second kappa shape index (κ2) is 7.27. The van der Waals surface area contributed by atoms with Gasteiger partial charge in [-0.25, -0.2) is 4.79 Å². The van der Waals surface area contributed by atoms with Gasteiger partial charge in [0.15, 0.2) is 0 Å². The Bertz CT molecular complexity index is 264. The molecule has 0 aromatic rings. The molecule has 3 N–H and O–H groups in total. The van der Waals surface area contributed by atoms with Gasteiger partial charge in [-0.15, -0.1) is 0 Å². The molecule has 0 saturated heterocycles. The van der Waals surface area contributed by atoms with E-state index < -0.39 is 12.0 Å². The van der Waals surface area contributed by atoms with E-state index in [4.69, 9.17) is 5.11 Å². The quantitative estimate of drug-likeness (QED) is 0.620. The van der Waals surface area contributed by atoms with Crippen molar-refractivity contribution in [3.05, 3.63) is 0 Å². The molecule has 0 spiro atoms. The van der Waals surface area contributed by atoms with Gasteiger partial charge in [-0.1, -0.05) is 27.7 Å². The van der Waals surface area contributed by atoms with Gasteiger partial charge in [0.2, 0.25) is 5.91 Å². The first-order valence-corrected chi connectivity index (χ1v) is 6.00. The third kappa shape index (κ3) is 5.68. The lowest BCUT2D eigenvalue weighted by Gasteiger charge is -2.23. The fourth-order valence-electron chi connectivity index (χ4n) is 1.72. The molecule has 2 atom stereocenters. The molecular weight excluding hydrogens is 220 g/mol. The molecule has 0 saturated carbocycles. The van der Waals surface area contributed by atoms with E-state index in [9.17, 15) is 9.59 Å². The van der Waals surface area contributed by atoms with E-state index in [-0.39, 0.29) is 23.8 Å². The smallest absolute Gasteiger partial charge is 0.326 e. The highest BCUT2D eigenvalue weighted by molar-refractivity contribution is 5.87. The summed E-state index contributed by atoms with van der Waals surface area (Å²) in [5.74, 6) is -0.891. The molecule has 0 aliphatic rings. The summed E-state index contributed by atoms with van der Waals surface area (Å²) in [4.78, 5) is 22.9. The highest BCUT2D eigenvalue weighted by Crippen LogP contribution is 2.07. The van der Waals surface area contributed by atoms with E-state index in [2.05, 4.69) is 10.6 Å². The normalized spacial score (nSPS) is 14.8. The second-order valence-electron chi connectivity index (χ2n) is 5.04. The van der Waals surface area contributed by atoms with Crippen LogP contribution < -0.4 is 10.6 Å². The number of rotatable bonds is 7. The molecule has 5 heteroatoms. The van der Waals surface area contributed by atoms with Crippen molar-refractivity contribution in [3.8, 4) is 0 Å². The fraction of sp³-hybridized carbons (Fsp3) is 0.833. The maximum atomic E-state index is 11.9. The van der Waals surface area contributed by atoms with Crippen molar-refractivity contribution in [1.29, 1.82) is 0 Å². The zero-order chi connectivity index (χ0) is 13.6. The minimum Gasteiger partial charge on any atom is -0.480 e. The number of likely N-dealkylation sites (N-methyl/N-ethyl adjacent to an activating group) is 1. The first-order chi connectivity index (χ1) is 7.79. The van der Waals surface area contributed by atoms with E-state index >= 15 is 0 Å². The first kappa shape index (κ1) is 15.9. The Balaban J connectivity index is 4.54. The molecule has 1 amide bonds. The first-order valence-electron chi connectivity index (χ1n) is 6.00. The standard InChI is InChI=1S/C12H24N2O3/c1-7(2)6-9(12(16)17)14-11(15)10(13-5)8(3)4/h7-10,13H,6H2,1-5H3,(H,14,15)(H,16,17). The van der Waals surface area contributed by atoms with Crippen LogP contribution in [-0.4, -0.2) is 36.1 Å². The fourth-order valence-corrected chi connectivity index (χ4v) is 1.72. The summed E-state index contributed by atoms with van der Waals surface area (Å²) < 4.78 is 0. The molecule has 0 aliphatic carbocycles. The summed E-state index contributed by atoms with van der Waals surface area (Å²) in [6, 6.07) is -1.17. The van der Waals surface area contributed by atoms with E-state index in [1.807, 2.05) is 27.7 Å². The Morgan fingerprint density at radius 3 is 2.00 bits per heavy atom. The van der Waals surface area contributed by atoms with Crippen LogP contribution in [0.2, 0.25) is 0 Å². The molecule has 0 aromatic carbocycles. The van der Waals surface area contributed by atoms with Gasteiger partial charge in [-0.3, -0.25) is 4.79 Å². The van der Waals surface area contributed by atoms with E-state index in [1.165, 1.54) is 0 Å². The van der Waals surface area contributed by atoms with Gasteiger partial charge in [0.1, 0.15) is 6.04 Å². The van der Waals surface area contributed by atoms with Gasteiger partial charge in [0, 0.05) is 0 Å². The largest absolute Gasteiger partial charge is 0.480 e. The Labute approximate surface area is 103 Å². The Hall–Kier alpha value is -1.10. The molecule has 0 fully saturated rings. The third-order valence-electron chi connectivity index (χ3n) is 2.58. The minimum absolute atomic E-state index is 0.119. The highest BCUT2D eigenvalue weighted by Gasteiger charge is 2.26. The van der Waals surface area contributed by atoms with E-state index in [0.29, 0.717) is 6.42 Å². The molecule has 2 unspecified atom stereocenters. The summed E-state index contributed by atoms with van der Waals surface area (Å²) in [6.45, 7) is 7.69. The number of carbonyl (C=O) groups excluding carboxylic acids is 1. The number of carboxylic acid groups (broad SMARTS) is 1. The van der Waals surface area contributed by atoms with Crippen LogP contribution in [0.5, 0.6) is 0 Å². The van der Waals surface area contributed by atoms with Crippen molar-refractivity contribution in [3.63, 3.8) is 0 Å². The lowest BCUT2D eigenvalue weighted by atomic mass is 10.0. The van der Waals surface area contributed by atoms with Crippen molar-refractivity contribution < 1.29 is 14.7 Å². The van der Waals surface area contributed by atoms with Crippen LogP contribution in [0.15, 0.2) is 0 Å². The van der Waals surface area contributed by atoms with E-state index in [1.54, 1.807) is 7.05 Å². The lowest BCUT2D eigenvalue weighted by Crippen LogP contribution is -2.51. The molecule has 17 heavy (non-hydrogen) atoms. The number of carbonyl (C=O) groups is 2. The predicted molar refractivity (Wildman–Crippen MR) is 66.7 cm³/mol. The molecule has 0 heterocycles. The number of aliphatic carboxylic acids is 1. The molecule has 100 valence electrons. The molecular formula is C12H24N2O3. The van der Waals surface area contributed by atoms with E-state index in [0.717, 1.165) is 0 Å². The van der Waals surface area contributed by atoms with Crippen LogP contribution in [0.3, 0.4) is 0 Å². The highest BCUT2D eigenvalue weighted by atomic mass is 16.4. The predicted octanol–water partition coefficient (Wildman–Crippen LogP) is 0.846. The zero-order valence-corrected chi connectivity index (χ0v) is 11.3. The summed E-state index contributed by atoms with van der Waals surface area (Å²) >= 11 is 0. The van der Waals surface area contributed by atoms with Gasteiger partial charge < -0.3 is 15.7 Å². The van der Waals surface area contributed by atoms with Crippen LogP contribution in [0.1, 0.15) is 34.1 Å². The maximum Gasteiger partial charge on any atom is 0.326 e. The monoisotopic (exact) mass is 244 g/mol.